The predicted molar refractivity (Wildman–Crippen MR) is 88.0 cm³/mol. The van der Waals surface area contributed by atoms with Crippen molar-refractivity contribution in [3.05, 3.63) is 45.4 Å². The molecule has 0 fully saturated rings. The molecule has 0 saturated heterocycles. The Hall–Kier alpha value is -1.88. The van der Waals surface area contributed by atoms with Crippen LogP contribution >= 0.6 is 11.3 Å². The number of anilines is 1. The van der Waals surface area contributed by atoms with Gasteiger partial charge in [-0.1, -0.05) is 6.92 Å². The maximum absolute atomic E-state index is 12.1. The third kappa shape index (κ3) is 4.29. The molecule has 2 heterocycles. The van der Waals surface area contributed by atoms with Crippen molar-refractivity contribution < 1.29 is 4.79 Å². The van der Waals surface area contributed by atoms with E-state index in [-0.39, 0.29) is 5.91 Å². The largest absolute Gasteiger partial charge is 0.385 e. The monoisotopic (exact) mass is 303 g/mol. The van der Waals surface area contributed by atoms with Crippen molar-refractivity contribution in [2.24, 2.45) is 0 Å². The van der Waals surface area contributed by atoms with Crippen LogP contribution in [0, 0.1) is 13.8 Å². The lowest BCUT2D eigenvalue weighted by molar-refractivity contribution is 0.0946. The first kappa shape index (κ1) is 15.5. The van der Waals surface area contributed by atoms with Crippen LogP contribution in [0.25, 0.3) is 0 Å². The number of pyridine rings is 1. The summed E-state index contributed by atoms with van der Waals surface area (Å²) in [5, 5.41) is 6.18. The number of rotatable bonds is 6. The fourth-order valence-electron chi connectivity index (χ4n) is 1.93. The summed E-state index contributed by atoms with van der Waals surface area (Å²) >= 11 is 1.72. The average Bonchev–Trinajstić information content (AvgIpc) is 2.81. The molecule has 0 unspecified atom stereocenters. The van der Waals surface area contributed by atoms with Gasteiger partial charge in [-0.05, 0) is 44.0 Å². The summed E-state index contributed by atoms with van der Waals surface area (Å²) < 4.78 is 0. The molecule has 0 aliphatic heterocycles. The Balaban J connectivity index is 1.96. The molecule has 4 nitrogen and oxygen atoms in total. The van der Waals surface area contributed by atoms with Gasteiger partial charge in [-0.3, -0.25) is 9.78 Å². The first-order chi connectivity index (χ1) is 10.1. The second kappa shape index (κ2) is 7.22. The number of amides is 1. The van der Waals surface area contributed by atoms with Gasteiger partial charge in [0.25, 0.3) is 5.91 Å². The zero-order valence-corrected chi connectivity index (χ0v) is 13.5. The Kier molecular flexibility index (Phi) is 5.33. The van der Waals surface area contributed by atoms with Crippen LogP contribution in [0.4, 0.5) is 5.69 Å². The molecule has 1 amide bonds. The van der Waals surface area contributed by atoms with Crippen LogP contribution in [0.5, 0.6) is 0 Å². The molecule has 0 bridgehead atoms. The van der Waals surface area contributed by atoms with E-state index in [1.807, 2.05) is 6.07 Å². The molecule has 112 valence electrons. The first-order valence-electron chi connectivity index (χ1n) is 7.14. The van der Waals surface area contributed by atoms with E-state index < -0.39 is 0 Å². The van der Waals surface area contributed by atoms with Gasteiger partial charge in [0, 0.05) is 28.2 Å². The number of aromatic nitrogens is 1. The van der Waals surface area contributed by atoms with E-state index in [0.29, 0.717) is 12.2 Å². The standard InChI is InChI=1S/C16H21N3OS/c1-4-6-17-13-5-7-18-15(9-13)16(20)19-10-14-8-11(2)12(3)21-14/h5,7-9H,4,6,10H2,1-3H3,(H,17,18)(H,19,20). The van der Waals surface area contributed by atoms with Crippen molar-refractivity contribution in [1.82, 2.24) is 10.3 Å². The van der Waals surface area contributed by atoms with Gasteiger partial charge in [0.05, 0.1) is 6.54 Å². The highest BCUT2D eigenvalue weighted by atomic mass is 32.1. The lowest BCUT2D eigenvalue weighted by Gasteiger charge is -2.07. The highest BCUT2D eigenvalue weighted by Gasteiger charge is 2.09. The van der Waals surface area contributed by atoms with Crippen LogP contribution in [0.3, 0.4) is 0 Å². The molecular formula is C16H21N3OS. The molecule has 2 aromatic heterocycles. The minimum Gasteiger partial charge on any atom is -0.385 e. The van der Waals surface area contributed by atoms with Gasteiger partial charge in [0.2, 0.25) is 0 Å². The first-order valence-corrected chi connectivity index (χ1v) is 7.96. The van der Waals surface area contributed by atoms with Crippen molar-refractivity contribution in [3.63, 3.8) is 0 Å². The van der Waals surface area contributed by atoms with Crippen molar-refractivity contribution in [2.45, 2.75) is 33.7 Å². The SMILES string of the molecule is CCCNc1ccnc(C(=O)NCc2cc(C)c(C)s2)c1. The number of hydrogen-bond acceptors (Lipinski definition) is 4. The number of carbonyl (C=O) groups excluding carboxylic acids is 1. The summed E-state index contributed by atoms with van der Waals surface area (Å²) in [5.74, 6) is -0.140. The van der Waals surface area contributed by atoms with Gasteiger partial charge in [0.15, 0.2) is 0 Å². The molecule has 0 atom stereocenters. The molecule has 0 radical (unpaired) electrons. The number of aryl methyl sites for hydroxylation is 2. The fraction of sp³-hybridized carbons (Fsp3) is 0.375. The molecule has 0 aromatic carbocycles. The predicted octanol–water partition coefficient (Wildman–Crippen LogP) is 3.51. The van der Waals surface area contributed by atoms with E-state index in [1.54, 1.807) is 23.6 Å². The number of thiophene rings is 1. The highest BCUT2D eigenvalue weighted by molar-refractivity contribution is 7.12. The van der Waals surface area contributed by atoms with Gasteiger partial charge in [-0.15, -0.1) is 11.3 Å². The Bertz CT molecular complexity index is 602. The number of hydrogen-bond donors (Lipinski definition) is 2. The highest BCUT2D eigenvalue weighted by Crippen LogP contribution is 2.20. The van der Waals surface area contributed by atoms with E-state index in [0.717, 1.165) is 18.7 Å². The average molecular weight is 303 g/mol. The van der Waals surface area contributed by atoms with Crippen LogP contribution < -0.4 is 10.6 Å². The third-order valence-electron chi connectivity index (χ3n) is 3.21. The Morgan fingerprint density at radius 2 is 2.14 bits per heavy atom. The van der Waals surface area contributed by atoms with Crippen molar-refractivity contribution >= 4 is 22.9 Å². The van der Waals surface area contributed by atoms with Gasteiger partial charge in [0.1, 0.15) is 5.69 Å². The summed E-state index contributed by atoms with van der Waals surface area (Å²) in [5.41, 5.74) is 2.65. The summed E-state index contributed by atoms with van der Waals surface area (Å²) in [4.78, 5) is 18.7. The van der Waals surface area contributed by atoms with Crippen LogP contribution in [0.2, 0.25) is 0 Å². The maximum atomic E-state index is 12.1. The third-order valence-corrected chi connectivity index (χ3v) is 4.36. The van der Waals surface area contributed by atoms with Crippen molar-refractivity contribution in [2.75, 3.05) is 11.9 Å². The van der Waals surface area contributed by atoms with Crippen LogP contribution in [0.1, 0.15) is 39.2 Å². The summed E-state index contributed by atoms with van der Waals surface area (Å²) in [6.45, 7) is 7.72. The van der Waals surface area contributed by atoms with Crippen LogP contribution in [0.15, 0.2) is 24.4 Å². The molecule has 5 heteroatoms. The van der Waals surface area contributed by atoms with Crippen LogP contribution in [-0.2, 0) is 6.54 Å². The molecule has 0 aliphatic carbocycles. The van der Waals surface area contributed by atoms with Crippen LogP contribution in [-0.4, -0.2) is 17.4 Å². The summed E-state index contributed by atoms with van der Waals surface area (Å²) in [6.07, 6.45) is 2.70. The van der Waals surface area contributed by atoms with E-state index >= 15 is 0 Å². The molecule has 2 rings (SSSR count). The zero-order chi connectivity index (χ0) is 15.2. The molecule has 21 heavy (non-hydrogen) atoms. The minimum atomic E-state index is -0.140. The molecule has 2 aromatic rings. The lowest BCUT2D eigenvalue weighted by Crippen LogP contribution is -2.23. The second-order valence-corrected chi connectivity index (χ2v) is 6.33. The Morgan fingerprint density at radius 1 is 1.33 bits per heavy atom. The van der Waals surface area contributed by atoms with Crippen molar-refractivity contribution in [3.8, 4) is 0 Å². The van der Waals surface area contributed by atoms with Gasteiger partial charge < -0.3 is 10.6 Å². The van der Waals surface area contributed by atoms with E-state index in [9.17, 15) is 4.79 Å². The van der Waals surface area contributed by atoms with E-state index in [1.165, 1.54) is 15.3 Å². The number of nitrogens with one attached hydrogen (secondary N) is 2. The maximum Gasteiger partial charge on any atom is 0.270 e. The normalized spacial score (nSPS) is 10.4. The van der Waals surface area contributed by atoms with E-state index in [4.69, 9.17) is 0 Å². The Labute approximate surface area is 129 Å². The fourth-order valence-corrected chi connectivity index (χ4v) is 2.92. The smallest absolute Gasteiger partial charge is 0.270 e. The lowest BCUT2D eigenvalue weighted by atomic mass is 10.2. The van der Waals surface area contributed by atoms with E-state index in [2.05, 4.69) is 42.5 Å². The Morgan fingerprint density at radius 3 is 2.81 bits per heavy atom. The minimum absolute atomic E-state index is 0.140. The topological polar surface area (TPSA) is 54.0 Å². The van der Waals surface area contributed by atoms with Gasteiger partial charge in [-0.25, -0.2) is 0 Å². The zero-order valence-electron chi connectivity index (χ0n) is 12.7. The molecule has 0 spiro atoms. The molecular weight excluding hydrogens is 282 g/mol. The van der Waals surface area contributed by atoms with Crippen molar-refractivity contribution in [1.29, 1.82) is 0 Å². The summed E-state index contributed by atoms with van der Waals surface area (Å²) in [6, 6.07) is 5.78. The molecule has 0 aliphatic rings. The molecule has 2 N–H and O–H groups in total. The second-order valence-electron chi connectivity index (χ2n) is 4.99. The number of nitrogens with zero attached hydrogens (tertiary/aromatic N) is 1. The summed E-state index contributed by atoms with van der Waals surface area (Å²) in [7, 11) is 0. The van der Waals surface area contributed by atoms with Gasteiger partial charge in [-0.2, -0.15) is 0 Å². The quantitative estimate of drug-likeness (QED) is 0.858. The van der Waals surface area contributed by atoms with Gasteiger partial charge >= 0.3 is 0 Å². The molecule has 0 saturated carbocycles. The number of carbonyl (C=O) groups is 1.